The molecule has 2 aliphatic rings. The molecule has 2 unspecified atom stereocenters. The Balaban J connectivity index is 1.38. The molecule has 2 fully saturated rings. The molecule has 2 aromatic rings. The van der Waals surface area contributed by atoms with Gasteiger partial charge in [0.1, 0.15) is 5.75 Å². The van der Waals surface area contributed by atoms with E-state index >= 15 is 0 Å². The second-order valence-electron chi connectivity index (χ2n) is 10.6. The minimum atomic E-state index is -4.73. The van der Waals surface area contributed by atoms with Crippen LogP contribution in [0.25, 0.3) is 0 Å². The van der Waals surface area contributed by atoms with Crippen LogP contribution in [0.1, 0.15) is 68.4 Å². The first-order valence-corrected chi connectivity index (χ1v) is 13.3. The third kappa shape index (κ3) is 7.46. The summed E-state index contributed by atoms with van der Waals surface area (Å²) in [7, 11) is 0. The van der Waals surface area contributed by atoms with Crippen LogP contribution in [0.2, 0.25) is 0 Å². The summed E-state index contributed by atoms with van der Waals surface area (Å²) < 4.78 is 42.7. The van der Waals surface area contributed by atoms with E-state index in [2.05, 4.69) is 45.7 Å². The Kier molecular flexibility index (Phi) is 8.96. The van der Waals surface area contributed by atoms with Gasteiger partial charge in [0.25, 0.3) is 0 Å². The molecule has 7 heteroatoms. The van der Waals surface area contributed by atoms with Gasteiger partial charge in [0.15, 0.2) is 0 Å². The molecule has 1 aliphatic carbocycles. The molecular weight excluding hydrogens is 465 g/mol. The van der Waals surface area contributed by atoms with Crippen LogP contribution in [0.3, 0.4) is 0 Å². The molecule has 0 bridgehead atoms. The highest BCUT2D eigenvalue weighted by atomic mass is 19.4. The third-order valence-electron chi connectivity index (χ3n) is 8.01. The van der Waals surface area contributed by atoms with Crippen LogP contribution in [-0.2, 0) is 0 Å². The number of nitrogens with zero attached hydrogens (tertiary/aromatic N) is 2. The molecule has 1 N–H and O–H groups in total. The van der Waals surface area contributed by atoms with Crippen molar-refractivity contribution in [2.45, 2.75) is 69.2 Å². The molecule has 0 radical (unpaired) electrons. The molecule has 0 amide bonds. The maximum Gasteiger partial charge on any atom is 0.573 e. The monoisotopic (exact) mass is 504 g/mol. The summed E-state index contributed by atoms with van der Waals surface area (Å²) in [5.41, 5.74) is 1.19. The van der Waals surface area contributed by atoms with Crippen molar-refractivity contribution in [1.82, 2.24) is 9.80 Å². The minimum absolute atomic E-state index is 0.221. The van der Waals surface area contributed by atoms with E-state index in [1.54, 1.807) is 6.07 Å². The van der Waals surface area contributed by atoms with Crippen molar-refractivity contribution in [3.8, 4) is 5.75 Å². The van der Waals surface area contributed by atoms with Gasteiger partial charge in [-0.15, -0.1) is 13.2 Å². The Morgan fingerprint density at radius 3 is 2.19 bits per heavy atom. The van der Waals surface area contributed by atoms with Gasteiger partial charge in [-0.3, -0.25) is 0 Å². The van der Waals surface area contributed by atoms with E-state index in [0.29, 0.717) is 25.3 Å². The maximum absolute atomic E-state index is 12.8. The van der Waals surface area contributed by atoms with E-state index in [0.717, 1.165) is 64.0 Å². The topological polar surface area (TPSA) is 35.9 Å². The highest BCUT2D eigenvalue weighted by molar-refractivity contribution is 5.33. The molecule has 1 aliphatic heterocycles. The summed E-state index contributed by atoms with van der Waals surface area (Å²) in [6.07, 6.45) is 0.714. The van der Waals surface area contributed by atoms with Gasteiger partial charge in [-0.2, -0.15) is 0 Å². The van der Waals surface area contributed by atoms with Crippen molar-refractivity contribution in [2.75, 3.05) is 39.3 Å². The van der Waals surface area contributed by atoms with Gasteiger partial charge in [-0.05, 0) is 55.0 Å². The van der Waals surface area contributed by atoms with Crippen LogP contribution >= 0.6 is 0 Å². The lowest BCUT2D eigenvalue weighted by Crippen LogP contribution is -2.51. The van der Waals surface area contributed by atoms with Crippen LogP contribution in [0.4, 0.5) is 13.2 Å². The normalized spacial score (nSPS) is 21.1. The number of halogens is 3. The van der Waals surface area contributed by atoms with Crippen LogP contribution in [0, 0.1) is 0 Å². The van der Waals surface area contributed by atoms with Crippen LogP contribution < -0.4 is 4.74 Å². The van der Waals surface area contributed by atoms with Crippen molar-refractivity contribution in [2.24, 2.45) is 0 Å². The zero-order valence-corrected chi connectivity index (χ0v) is 21.2. The number of piperazine rings is 1. The highest BCUT2D eigenvalue weighted by Gasteiger charge is 2.40. The summed E-state index contributed by atoms with van der Waals surface area (Å²) in [4.78, 5) is 4.86. The van der Waals surface area contributed by atoms with E-state index in [-0.39, 0.29) is 11.7 Å². The van der Waals surface area contributed by atoms with Crippen molar-refractivity contribution < 1.29 is 23.0 Å². The standard InChI is InChI=1S/C29H39F3N2O2/c1-23(24-9-4-2-5-10-24)13-16-33-17-19-34(20-18-33)22-27(28(35)14-6-3-7-15-28)25-11-8-12-26(21-25)36-29(30,31)32/h2,4-5,8-12,21,23,27,35H,3,6-7,13-20,22H2,1H3. The van der Waals surface area contributed by atoms with Crippen molar-refractivity contribution in [3.63, 3.8) is 0 Å². The zero-order chi connectivity index (χ0) is 25.6. The summed E-state index contributed by atoms with van der Waals surface area (Å²) in [6.45, 7) is 7.68. The van der Waals surface area contributed by atoms with E-state index in [9.17, 15) is 18.3 Å². The average molecular weight is 505 g/mol. The molecule has 1 saturated carbocycles. The van der Waals surface area contributed by atoms with Gasteiger partial charge in [0.2, 0.25) is 0 Å². The summed E-state index contributed by atoms with van der Waals surface area (Å²) in [6, 6.07) is 16.8. The first-order chi connectivity index (χ1) is 17.2. The lowest BCUT2D eigenvalue weighted by Gasteiger charge is -2.43. The van der Waals surface area contributed by atoms with Gasteiger partial charge in [-0.25, -0.2) is 0 Å². The van der Waals surface area contributed by atoms with Gasteiger partial charge in [0, 0.05) is 38.6 Å². The number of alkyl halides is 3. The molecule has 1 saturated heterocycles. The number of benzene rings is 2. The zero-order valence-electron chi connectivity index (χ0n) is 21.2. The average Bonchev–Trinajstić information content (AvgIpc) is 2.86. The molecule has 1 heterocycles. The smallest absolute Gasteiger partial charge is 0.406 e. The van der Waals surface area contributed by atoms with Gasteiger partial charge in [-0.1, -0.05) is 68.7 Å². The fourth-order valence-electron chi connectivity index (χ4n) is 5.80. The first kappa shape index (κ1) is 27.0. The van der Waals surface area contributed by atoms with E-state index in [1.165, 1.54) is 17.7 Å². The number of aliphatic hydroxyl groups is 1. The number of rotatable bonds is 9. The molecule has 36 heavy (non-hydrogen) atoms. The molecule has 4 nitrogen and oxygen atoms in total. The van der Waals surface area contributed by atoms with Crippen molar-refractivity contribution in [3.05, 3.63) is 65.7 Å². The van der Waals surface area contributed by atoms with Crippen LogP contribution in [0.5, 0.6) is 5.75 Å². The number of ether oxygens (including phenoxy) is 1. The Morgan fingerprint density at radius 1 is 0.889 bits per heavy atom. The molecular formula is C29H39F3N2O2. The second kappa shape index (κ2) is 12.0. The minimum Gasteiger partial charge on any atom is -0.406 e. The van der Waals surface area contributed by atoms with Gasteiger partial charge in [0.05, 0.1) is 5.60 Å². The van der Waals surface area contributed by atoms with Crippen molar-refractivity contribution in [1.29, 1.82) is 0 Å². The Labute approximate surface area is 213 Å². The van der Waals surface area contributed by atoms with Gasteiger partial charge >= 0.3 is 6.36 Å². The summed E-state index contributed by atoms with van der Waals surface area (Å²) in [5.74, 6) is 0.0429. The van der Waals surface area contributed by atoms with Crippen molar-refractivity contribution >= 4 is 0 Å². The maximum atomic E-state index is 12.8. The Bertz CT molecular complexity index is 939. The van der Waals surface area contributed by atoms with Crippen LogP contribution in [-0.4, -0.2) is 66.1 Å². The fourth-order valence-corrected chi connectivity index (χ4v) is 5.80. The van der Waals surface area contributed by atoms with E-state index in [1.807, 2.05) is 12.1 Å². The Hall–Kier alpha value is -2.09. The second-order valence-corrected chi connectivity index (χ2v) is 10.6. The molecule has 4 rings (SSSR count). The quantitative estimate of drug-likeness (QED) is 0.443. The lowest BCUT2D eigenvalue weighted by atomic mass is 9.72. The molecule has 0 spiro atoms. The van der Waals surface area contributed by atoms with Crippen LogP contribution in [0.15, 0.2) is 54.6 Å². The summed E-state index contributed by atoms with van der Waals surface area (Å²) in [5, 5.41) is 11.6. The third-order valence-corrected chi connectivity index (χ3v) is 8.01. The predicted octanol–water partition coefficient (Wildman–Crippen LogP) is 6.18. The molecule has 2 atom stereocenters. The largest absolute Gasteiger partial charge is 0.573 e. The van der Waals surface area contributed by atoms with Gasteiger partial charge < -0.3 is 19.6 Å². The SMILES string of the molecule is CC(CCN1CCN(CC(c2cccc(OC(F)(F)F)c2)C2(O)CCCCC2)CC1)c1ccccc1. The molecule has 198 valence electrons. The van der Waals surface area contributed by atoms with E-state index < -0.39 is 12.0 Å². The first-order valence-electron chi connectivity index (χ1n) is 13.3. The summed E-state index contributed by atoms with van der Waals surface area (Å²) >= 11 is 0. The number of hydrogen-bond donors (Lipinski definition) is 1. The highest BCUT2D eigenvalue weighted by Crippen LogP contribution is 2.41. The lowest BCUT2D eigenvalue weighted by molar-refractivity contribution is -0.274. The Morgan fingerprint density at radius 2 is 1.53 bits per heavy atom. The predicted molar refractivity (Wildman–Crippen MR) is 136 cm³/mol. The number of hydrogen-bond acceptors (Lipinski definition) is 4. The molecule has 2 aromatic carbocycles. The molecule has 0 aromatic heterocycles. The van der Waals surface area contributed by atoms with E-state index in [4.69, 9.17) is 0 Å². The fraction of sp³-hybridized carbons (Fsp3) is 0.586.